The number of β-amino-alcohol motifs (C(OH)–C–C–N with tert-alkyl or cyclic N) is 1. The average Bonchev–Trinajstić information content (AvgIpc) is 3.02. The Labute approximate surface area is 210 Å². The minimum Gasteiger partial charge on any atom is -0.391 e. The Morgan fingerprint density at radius 1 is 0.771 bits per heavy atom. The number of aliphatic hydroxyl groups excluding tert-OH is 1. The molecule has 184 valence electrons. The molecule has 4 saturated carbocycles. The predicted molar refractivity (Wildman–Crippen MR) is 145 cm³/mol. The van der Waals surface area contributed by atoms with Crippen LogP contribution in [0.25, 0.3) is 12.2 Å². The summed E-state index contributed by atoms with van der Waals surface area (Å²) >= 11 is 0. The Balaban J connectivity index is 1.01. The molecule has 5 fully saturated rings. The molecule has 4 bridgehead atoms. The van der Waals surface area contributed by atoms with Gasteiger partial charge in [0.2, 0.25) is 0 Å². The third-order valence-electron chi connectivity index (χ3n) is 10.3. The number of hydrogen-bond acceptors (Lipinski definition) is 3. The van der Waals surface area contributed by atoms with Crippen molar-refractivity contribution in [2.24, 2.45) is 29.1 Å². The molecule has 2 heterocycles. The first-order valence-corrected chi connectivity index (χ1v) is 14.2. The second-order valence-electron chi connectivity index (χ2n) is 12.6. The molecule has 2 aromatic rings. The van der Waals surface area contributed by atoms with Crippen molar-refractivity contribution in [2.45, 2.75) is 57.5 Å². The molecule has 3 nitrogen and oxygen atoms in total. The van der Waals surface area contributed by atoms with E-state index in [1.165, 1.54) is 73.9 Å². The fraction of sp³-hybridized carbons (Fsp3) is 0.562. The fourth-order valence-corrected chi connectivity index (χ4v) is 8.89. The van der Waals surface area contributed by atoms with Crippen LogP contribution in [-0.4, -0.2) is 42.3 Å². The van der Waals surface area contributed by atoms with E-state index >= 15 is 0 Å². The van der Waals surface area contributed by atoms with Gasteiger partial charge in [-0.1, -0.05) is 48.6 Å². The van der Waals surface area contributed by atoms with Gasteiger partial charge in [0.05, 0.1) is 6.10 Å². The van der Waals surface area contributed by atoms with Crippen LogP contribution in [0.1, 0.15) is 62.5 Å². The molecule has 8 rings (SSSR count). The van der Waals surface area contributed by atoms with Crippen molar-refractivity contribution < 1.29 is 5.11 Å². The van der Waals surface area contributed by atoms with E-state index in [0.29, 0.717) is 5.92 Å². The number of anilines is 2. The molecule has 0 spiro atoms. The zero-order chi connectivity index (χ0) is 23.4. The topological polar surface area (TPSA) is 26.7 Å². The lowest BCUT2D eigenvalue weighted by atomic mass is 9.48. The lowest BCUT2D eigenvalue weighted by Gasteiger charge is -2.59. The molecule has 6 aliphatic rings. The fourth-order valence-electron chi connectivity index (χ4n) is 8.89. The van der Waals surface area contributed by atoms with E-state index in [9.17, 15) is 5.11 Å². The van der Waals surface area contributed by atoms with Crippen LogP contribution in [0.4, 0.5) is 11.4 Å². The Morgan fingerprint density at radius 3 is 1.83 bits per heavy atom. The molecule has 1 unspecified atom stereocenters. The van der Waals surface area contributed by atoms with Crippen molar-refractivity contribution in [2.75, 3.05) is 31.1 Å². The zero-order valence-electron chi connectivity index (χ0n) is 21.0. The molecular weight excluding hydrogens is 428 g/mol. The second kappa shape index (κ2) is 8.78. The lowest BCUT2D eigenvalue weighted by molar-refractivity contribution is -0.127. The lowest BCUT2D eigenvalue weighted by Crippen LogP contribution is -2.55. The molecule has 0 radical (unpaired) electrons. The normalized spacial score (nSPS) is 32.8. The highest BCUT2D eigenvalue weighted by Gasteiger charge is 2.54. The smallest absolute Gasteiger partial charge is 0.0723 e. The summed E-state index contributed by atoms with van der Waals surface area (Å²) in [7, 11) is 0. The molecule has 0 aromatic heterocycles. The number of nitrogens with zero attached hydrogens (tertiary/aromatic N) is 2. The summed E-state index contributed by atoms with van der Waals surface area (Å²) in [6, 6.07) is 17.6. The minimum atomic E-state index is -0.122. The third-order valence-corrected chi connectivity index (χ3v) is 10.3. The molecule has 35 heavy (non-hydrogen) atoms. The summed E-state index contributed by atoms with van der Waals surface area (Å²) in [5, 5.41) is 11.5. The first-order chi connectivity index (χ1) is 17.1. The number of rotatable bonds is 5. The maximum absolute atomic E-state index is 11.5. The highest BCUT2D eigenvalue weighted by Crippen LogP contribution is 2.61. The first kappa shape index (κ1) is 22.1. The Kier molecular flexibility index (Phi) is 5.55. The van der Waals surface area contributed by atoms with Gasteiger partial charge < -0.3 is 14.9 Å². The van der Waals surface area contributed by atoms with Gasteiger partial charge in [0.1, 0.15) is 0 Å². The van der Waals surface area contributed by atoms with Crippen molar-refractivity contribution >= 4 is 23.5 Å². The average molecular weight is 469 g/mol. The van der Waals surface area contributed by atoms with Crippen molar-refractivity contribution in [3.8, 4) is 0 Å². The molecule has 1 atom stereocenters. The number of para-hydroxylation sites is 2. The zero-order valence-corrected chi connectivity index (χ0v) is 21.0. The van der Waals surface area contributed by atoms with Gasteiger partial charge in [-0.2, -0.15) is 0 Å². The number of likely N-dealkylation sites (tertiary alicyclic amines) is 1. The van der Waals surface area contributed by atoms with Gasteiger partial charge in [0.15, 0.2) is 0 Å². The monoisotopic (exact) mass is 468 g/mol. The molecule has 1 saturated heterocycles. The van der Waals surface area contributed by atoms with Crippen LogP contribution in [0.5, 0.6) is 0 Å². The molecule has 3 heteroatoms. The van der Waals surface area contributed by atoms with Crippen LogP contribution in [0.15, 0.2) is 48.5 Å². The van der Waals surface area contributed by atoms with Gasteiger partial charge >= 0.3 is 0 Å². The summed E-state index contributed by atoms with van der Waals surface area (Å²) in [5.74, 6) is 3.42. The summed E-state index contributed by atoms with van der Waals surface area (Å²) in [5.41, 5.74) is 5.51. The van der Waals surface area contributed by atoms with Crippen LogP contribution in [0.3, 0.4) is 0 Å². The van der Waals surface area contributed by atoms with E-state index in [-0.39, 0.29) is 11.5 Å². The van der Waals surface area contributed by atoms with Crippen molar-refractivity contribution in [3.05, 3.63) is 59.7 Å². The van der Waals surface area contributed by atoms with E-state index < -0.39 is 0 Å². The first-order valence-electron chi connectivity index (χ1n) is 14.2. The van der Waals surface area contributed by atoms with Crippen LogP contribution in [0.2, 0.25) is 0 Å². The van der Waals surface area contributed by atoms with Crippen LogP contribution in [0, 0.1) is 29.1 Å². The van der Waals surface area contributed by atoms with Gasteiger partial charge in [0, 0.05) is 24.5 Å². The summed E-state index contributed by atoms with van der Waals surface area (Å²) < 4.78 is 0. The summed E-state index contributed by atoms with van der Waals surface area (Å²) in [4.78, 5) is 5.15. The molecule has 1 N–H and O–H groups in total. The van der Waals surface area contributed by atoms with E-state index in [4.69, 9.17) is 0 Å². The minimum absolute atomic E-state index is 0.122. The maximum Gasteiger partial charge on any atom is 0.0723 e. The number of piperidine rings is 1. The molecular formula is C32H40N2O. The SMILES string of the molecule is OC(CN1CCC(CN2c3ccccc3C=Cc3ccccc32)CC1)C12CC3CC(CC(C3)C1)C2. The molecule has 0 amide bonds. The van der Waals surface area contributed by atoms with Crippen molar-refractivity contribution in [3.63, 3.8) is 0 Å². The maximum atomic E-state index is 11.5. The van der Waals surface area contributed by atoms with Gasteiger partial charge in [-0.05, 0) is 117 Å². The predicted octanol–water partition coefficient (Wildman–Crippen LogP) is 6.60. The van der Waals surface area contributed by atoms with Gasteiger partial charge in [0.25, 0.3) is 0 Å². The number of aliphatic hydroxyl groups is 1. The highest BCUT2D eigenvalue weighted by molar-refractivity contribution is 5.88. The van der Waals surface area contributed by atoms with E-state index in [0.717, 1.165) is 43.9 Å². The van der Waals surface area contributed by atoms with E-state index in [1.54, 1.807) is 0 Å². The third kappa shape index (κ3) is 4.05. The number of benzene rings is 2. The van der Waals surface area contributed by atoms with Gasteiger partial charge in [-0.25, -0.2) is 0 Å². The quantitative estimate of drug-likeness (QED) is 0.536. The van der Waals surface area contributed by atoms with Crippen LogP contribution in [-0.2, 0) is 0 Å². The van der Waals surface area contributed by atoms with Crippen molar-refractivity contribution in [1.82, 2.24) is 4.90 Å². The number of hydrogen-bond donors (Lipinski definition) is 1. The van der Waals surface area contributed by atoms with E-state index in [2.05, 4.69) is 70.5 Å². The Hall–Kier alpha value is -2.10. The molecule has 2 aliphatic heterocycles. The standard InChI is InChI=1S/C32H40N2O/c35-31(32-18-24-15-25(19-32)17-26(16-24)20-32)22-33-13-11-23(12-14-33)21-34-29-7-3-1-5-27(29)9-10-28-6-2-4-8-30(28)34/h1-10,23-26,31,35H,11-22H2. The van der Waals surface area contributed by atoms with Gasteiger partial charge in [-0.15, -0.1) is 0 Å². The van der Waals surface area contributed by atoms with Crippen LogP contribution >= 0.6 is 0 Å². The largest absolute Gasteiger partial charge is 0.391 e. The van der Waals surface area contributed by atoms with Crippen LogP contribution < -0.4 is 4.90 Å². The summed E-state index contributed by atoms with van der Waals surface area (Å²) in [6.45, 7) is 4.23. The highest BCUT2D eigenvalue weighted by atomic mass is 16.3. The summed E-state index contributed by atoms with van der Waals surface area (Å²) in [6.07, 6.45) is 15.1. The molecule has 2 aromatic carbocycles. The molecule has 4 aliphatic carbocycles. The second-order valence-corrected chi connectivity index (χ2v) is 12.6. The number of fused-ring (bicyclic) bond motifs is 2. The van der Waals surface area contributed by atoms with E-state index in [1.807, 2.05) is 0 Å². The Morgan fingerprint density at radius 2 is 1.29 bits per heavy atom. The Bertz CT molecular complexity index is 1010. The van der Waals surface area contributed by atoms with Gasteiger partial charge in [-0.3, -0.25) is 0 Å². The van der Waals surface area contributed by atoms with Crippen molar-refractivity contribution in [1.29, 1.82) is 0 Å².